The molecule has 0 aliphatic carbocycles. The Hall–Kier alpha value is -2.19. The van der Waals surface area contributed by atoms with Gasteiger partial charge >= 0.3 is 5.97 Å². The molecule has 7 nitrogen and oxygen atoms in total. The summed E-state index contributed by atoms with van der Waals surface area (Å²) in [4.78, 5) is 23.0. The number of sulfonamides is 1. The molecule has 0 radical (unpaired) electrons. The zero-order valence-electron chi connectivity index (χ0n) is 12.5. The first-order chi connectivity index (χ1) is 10.2. The molecule has 1 rings (SSSR count). The minimum absolute atomic E-state index is 0.0459. The van der Waals surface area contributed by atoms with Gasteiger partial charge in [-0.2, -0.15) is 4.72 Å². The molecule has 1 amide bonds. The van der Waals surface area contributed by atoms with E-state index in [9.17, 15) is 18.0 Å². The van der Waals surface area contributed by atoms with Crippen molar-refractivity contribution in [3.8, 4) is 0 Å². The largest absolute Gasteiger partial charge is 0.464 e. The van der Waals surface area contributed by atoms with Crippen LogP contribution in [0.3, 0.4) is 0 Å². The van der Waals surface area contributed by atoms with Gasteiger partial charge in [-0.3, -0.25) is 4.79 Å². The van der Waals surface area contributed by atoms with Crippen molar-refractivity contribution in [3.05, 3.63) is 42.1 Å². The maximum atomic E-state index is 12.1. The van der Waals surface area contributed by atoms with Gasteiger partial charge in [0, 0.05) is 0 Å². The van der Waals surface area contributed by atoms with Crippen molar-refractivity contribution in [1.29, 1.82) is 0 Å². The maximum Gasteiger partial charge on any atom is 0.353 e. The van der Waals surface area contributed by atoms with Crippen molar-refractivity contribution in [2.24, 2.45) is 0 Å². The van der Waals surface area contributed by atoms with Crippen molar-refractivity contribution in [3.63, 3.8) is 0 Å². The molecule has 2 N–H and O–H groups in total. The minimum atomic E-state index is -3.84. The SMILES string of the molecule is C=C(NC(=O)[C@H](C)NS(=O)(=O)c1ccc(C)cc1)C(=O)OC. The third-order valence-corrected chi connectivity index (χ3v) is 4.32. The predicted octanol–water partition coefficient (Wildman–Crippen LogP) is 0.465. The van der Waals surface area contributed by atoms with Gasteiger partial charge in [-0.1, -0.05) is 24.3 Å². The molecule has 1 aromatic carbocycles. The number of carbonyl (C=O) groups is 2. The summed E-state index contributed by atoms with van der Waals surface area (Å²) in [7, 11) is -2.70. The van der Waals surface area contributed by atoms with Crippen LogP contribution in [0.15, 0.2) is 41.4 Å². The van der Waals surface area contributed by atoms with Crippen LogP contribution in [0.4, 0.5) is 0 Å². The number of methoxy groups -OCH3 is 1. The molecule has 0 bridgehead atoms. The molecule has 120 valence electrons. The summed E-state index contributed by atoms with van der Waals surface area (Å²) in [5.41, 5.74) is 0.646. The molecule has 8 heteroatoms. The van der Waals surface area contributed by atoms with E-state index in [1.807, 2.05) is 6.92 Å². The molecule has 0 aliphatic heterocycles. The number of rotatable bonds is 6. The summed E-state index contributed by atoms with van der Waals surface area (Å²) in [5, 5.41) is 2.18. The molecule has 1 aromatic rings. The fourth-order valence-corrected chi connectivity index (χ4v) is 2.71. The highest BCUT2D eigenvalue weighted by molar-refractivity contribution is 7.89. The van der Waals surface area contributed by atoms with E-state index in [0.29, 0.717) is 0 Å². The van der Waals surface area contributed by atoms with E-state index in [0.717, 1.165) is 12.7 Å². The number of benzene rings is 1. The van der Waals surface area contributed by atoms with Crippen LogP contribution in [-0.4, -0.2) is 33.4 Å². The molecule has 0 saturated heterocycles. The van der Waals surface area contributed by atoms with Gasteiger partial charge in [0.1, 0.15) is 5.70 Å². The third-order valence-electron chi connectivity index (χ3n) is 2.76. The normalized spacial score (nSPS) is 12.3. The van der Waals surface area contributed by atoms with Crippen molar-refractivity contribution < 1.29 is 22.7 Å². The molecular weight excluding hydrogens is 308 g/mol. The van der Waals surface area contributed by atoms with E-state index < -0.39 is 27.9 Å². The van der Waals surface area contributed by atoms with Crippen LogP contribution in [0.2, 0.25) is 0 Å². The first-order valence-electron chi connectivity index (χ1n) is 6.34. The van der Waals surface area contributed by atoms with Crippen molar-refractivity contribution in [2.75, 3.05) is 7.11 Å². The average Bonchev–Trinajstić information content (AvgIpc) is 2.46. The monoisotopic (exact) mass is 326 g/mol. The molecule has 0 aromatic heterocycles. The second-order valence-corrected chi connectivity index (χ2v) is 6.33. The Labute approximate surface area is 129 Å². The first-order valence-corrected chi connectivity index (χ1v) is 7.82. The van der Waals surface area contributed by atoms with Crippen LogP contribution in [0.25, 0.3) is 0 Å². The highest BCUT2D eigenvalue weighted by atomic mass is 32.2. The van der Waals surface area contributed by atoms with Crippen LogP contribution < -0.4 is 10.0 Å². The number of ether oxygens (including phenoxy) is 1. The molecule has 22 heavy (non-hydrogen) atoms. The average molecular weight is 326 g/mol. The van der Waals surface area contributed by atoms with Gasteiger partial charge < -0.3 is 10.1 Å². The molecule has 0 heterocycles. The number of amides is 1. The van der Waals surface area contributed by atoms with Gasteiger partial charge in [0.2, 0.25) is 15.9 Å². The van der Waals surface area contributed by atoms with Gasteiger partial charge in [0.15, 0.2) is 0 Å². The predicted molar refractivity (Wildman–Crippen MR) is 80.3 cm³/mol. The fourth-order valence-electron chi connectivity index (χ4n) is 1.50. The van der Waals surface area contributed by atoms with E-state index >= 15 is 0 Å². The number of hydrogen-bond donors (Lipinski definition) is 2. The van der Waals surface area contributed by atoms with Crippen LogP contribution >= 0.6 is 0 Å². The van der Waals surface area contributed by atoms with Crippen molar-refractivity contribution in [2.45, 2.75) is 24.8 Å². The summed E-state index contributed by atoms with van der Waals surface area (Å²) < 4.78 is 30.9. The second-order valence-electron chi connectivity index (χ2n) is 4.62. The Morgan fingerprint density at radius 2 is 1.77 bits per heavy atom. The number of esters is 1. The second kappa shape index (κ2) is 7.19. The lowest BCUT2D eigenvalue weighted by Crippen LogP contribution is -2.45. The minimum Gasteiger partial charge on any atom is -0.464 e. The van der Waals surface area contributed by atoms with Gasteiger partial charge in [-0.25, -0.2) is 13.2 Å². The highest BCUT2D eigenvalue weighted by Gasteiger charge is 2.23. The highest BCUT2D eigenvalue weighted by Crippen LogP contribution is 2.10. The van der Waals surface area contributed by atoms with E-state index in [2.05, 4.69) is 21.4 Å². The zero-order valence-corrected chi connectivity index (χ0v) is 13.4. The van der Waals surface area contributed by atoms with Crippen LogP contribution in [0.1, 0.15) is 12.5 Å². The molecule has 0 unspecified atom stereocenters. The molecular formula is C14H18N2O5S. The molecule has 0 aliphatic rings. The summed E-state index contributed by atoms with van der Waals surface area (Å²) >= 11 is 0. The lowest BCUT2D eigenvalue weighted by atomic mass is 10.2. The van der Waals surface area contributed by atoms with E-state index in [4.69, 9.17) is 0 Å². The Balaban J connectivity index is 2.76. The molecule has 0 spiro atoms. The van der Waals surface area contributed by atoms with Crippen LogP contribution in [0.5, 0.6) is 0 Å². The summed E-state index contributed by atoms with van der Waals surface area (Å²) in [6, 6.07) is 5.09. The summed E-state index contributed by atoms with van der Waals surface area (Å²) in [5.74, 6) is -1.52. The van der Waals surface area contributed by atoms with E-state index in [-0.39, 0.29) is 10.6 Å². The number of carbonyl (C=O) groups excluding carboxylic acids is 2. The van der Waals surface area contributed by atoms with Gasteiger partial charge in [-0.05, 0) is 26.0 Å². The molecule has 0 saturated carbocycles. The lowest BCUT2D eigenvalue weighted by Gasteiger charge is -2.15. The number of nitrogens with one attached hydrogen (secondary N) is 2. The van der Waals surface area contributed by atoms with E-state index in [1.165, 1.54) is 19.1 Å². The smallest absolute Gasteiger partial charge is 0.353 e. The summed E-state index contributed by atoms with van der Waals surface area (Å²) in [6.07, 6.45) is 0. The Bertz CT molecular complexity index is 680. The zero-order chi connectivity index (χ0) is 16.9. The topological polar surface area (TPSA) is 102 Å². The Morgan fingerprint density at radius 3 is 2.27 bits per heavy atom. The third kappa shape index (κ3) is 4.68. The van der Waals surface area contributed by atoms with E-state index in [1.54, 1.807) is 12.1 Å². The van der Waals surface area contributed by atoms with Crippen molar-refractivity contribution >= 4 is 21.9 Å². The van der Waals surface area contributed by atoms with Crippen LogP contribution in [-0.2, 0) is 24.3 Å². The fraction of sp³-hybridized carbons (Fsp3) is 0.286. The van der Waals surface area contributed by atoms with Gasteiger partial charge in [-0.15, -0.1) is 0 Å². The van der Waals surface area contributed by atoms with Gasteiger partial charge in [0.25, 0.3) is 0 Å². The maximum absolute atomic E-state index is 12.1. The van der Waals surface area contributed by atoms with Crippen LogP contribution in [0, 0.1) is 6.92 Å². The quantitative estimate of drug-likeness (QED) is 0.584. The first kappa shape index (κ1) is 17.9. The Morgan fingerprint density at radius 1 is 1.23 bits per heavy atom. The standard InChI is InChI=1S/C14H18N2O5S/c1-9-5-7-12(8-6-9)22(19,20)16-10(2)13(17)15-11(3)14(18)21-4/h5-8,10,16H,3H2,1-2,4H3,(H,15,17)/t10-/m0/s1. The molecule has 1 atom stereocenters. The van der Waals surface area contributed by atoms with Crippen molar-refractivity contribution in [1.82, 2.24) is 10.0 Å². The summed E-state index contributed by atoms with van der Waals surface area (Å²) in [6.45, 7) is 6.51. The number of aryl methyl sites for hydroxylation is 1. The molecule has 0 fully saturated rings. The lowest BCUT2D eigenvalue weighted by molar-refractivity contribution is -0.137. The number of hydrogen-bond acceptors (Lipinski definition) is 5. The Kier molecular flexibility index (Phi) is 5.84. The van der Waals surface area contributed by atoms with Gasteiger partial charge in [0.05, 0.1) is 18.0 Å².